The third kappa shape index (κ3) is 4.67. The molecule has 0 aliphatic carbocycles. The van der Waals surface area contributed by atoms with E-state index in [2.05, 4.69) is 27.2 Å². The molecule has 0 saturated heterocycles. The van der Waals surface area contributed by atoms with Gasteiger partial charge < -0.3 is 15.6 Å². The second-order valence-electron chi connectivity index (χ2n) is 6.10. The molecule has 1 aliphatic rings. The van der Waals surface area contributed by atoms with Crippen molar-refractivity contribution in [1.82, 2.24) is 9.97 Å². The first kappa shape index (κ1) is 20.6. The molecule has 1 aliphatic heterocycles. The van der Waals surface area contributed by atoms with Crippen LogP contribution in [0, 0.1) is 0 Å². The maximum absolute atomic E-state index is 12.7. The monoisotopic (exact) mass is 424 g/mol. The van der Waals surface area contributed by atoms with Gasteiger partial charge in [0.15, 0.2) is 5.16 Å². The highest BCUT2D eigenvalue weighted by Crippen LogP contribution is 2.32. The number of hydrogen-bond donors (Lipinski definition) is 3. The summed E-state index contributed by atoms with van der Waals surface area (Å²) in [6.07, 6.45) is -3.17. The predicted octanol–water partition coefficient (Wildman–Crippen LogP) is 3.13. The van der Waals surface area contributed by atoms with Gasteiger partial charge in [0.2, 0.25) is 11.8 Å². The van der Waals surface area contributed by atoms with Gasteiger partial charge >= 0.3 is 6.18 Å². The molecule has 2 heterocycles. The van der Waals surface area contributed by atoms with E-state index in [4.69, 9.17) is 0 Å². The summed E-state index contributed by atoms with van der Waals surface area (Å²) in [7, 11) is 0. The van der Waals surface area contributed by atoms with Crippen LogP contribution in [-0.2, 0) is 15.8 Å². The molecule has 0 radical (unpaired) electrons. The van der Waals surface area contributed by atoms with E-state index in [1.807, 2.05) is 0 Å². The van der Waals surface area contributed by atoms with Crippen molar-refractivity contribution in [2.45, 2.75) is 23.7 Å². The Morgan fingerprint density at radius 1 is 1.31 bits per heavy atom. The van der Waals surface area contributed by atoms with Crippen molar-refractivity contribution in [3.8, 4) is 0 Å². The van der Waals surface area contributed by atoms with Crippen LogP contribution in [0.25, 0.3) is 0 Å². The standard InChI is InChI=1S/C18H15F3N4O3S/c1-2-7-29-17-24-14-13(16(28)25-17)11(8-12(26)23-14)15(27)22-10-5-3-9(4-6-10)18(19,20)21/h2-6,11H,1,7-8H2,(H,22,27)(H2,23,24,25,26,28). The van der Waals surface area contributed by atoms with Gasteiger partial charge in [-0.25, -0.2) is 4.98 Å². The van der Waals surface area contributed by atoms with Crippen molar-refractivity contribution >= 4 is 35.1 Å². The number of H-pyrrole nitrogens is 1. The van der Waals surface area contributed by atoms with E-state index >= 15 is 0 Å². The fourth-order valence-corrected chi connectivity index (χ4v) is 3.35. The summed E-state index contributed by atoms with van der Waals surface area (Å²) in [5.74, 6) is -1.85. The van der Waals surface area contributed by atoms with Crippen LogP contribution in [-0.4, -0.2) is 27.5 Å². The highest BCUT2D eigenvalue weighted by molar-refractivity contribution is 7.99. The van der Waals surface area contributed by atoms with Crippen molar-refractivity contribution < 1.29 is 22.8 Å². The number of aromatic amines is 1. The van der Waals surface area contributed by atoms with Gasteiger partial charge in [-0.1, -0.05) is 17.8 Å². The molecule has 1 aromatic carbocycles. The Morgan fingerprint density at radius 3 is 2.62 bits per heavy atom. The molecule has 0 bridgehead atoms. The average Bonchev–Trinajstić information content (AvgIpc) is 2.65. The van der Waals surface area contributed by atoms with Gasteiger partial charge in [0.25, 0.3) is 5.56 Å². The lowest BCUT2D eigenvalue weighted by Gasteiger charge is -2.23. The molecule has 29 heavy (non-hydrogen) atoms. The molecule has 3 N–H and O–H groups in total. The number of alkyl halides is 3. The molecule has 1 unspecified atom stereocenters. The Balaban J connectivity index is 1.86. The maximum atomic E-state index is 12.7. The molecule has 152 valence electrons. The number of carbonyl (C=O) groups excluding carboxylic acids is 2. The van der Waals surface area contributed by atoms with Crippen molar-refractivity contribution in [1.29, 1.82) is 0 Å². The predicted molar refractivity (Wildman–Crippen MR) is 102 cm³/mol. The van der Waals surface area contributed by atoms with Gasteiger partial charge in [-0.3, -0.25) is 14.4 Å². The van der Waals surface area contributed by atoms with Gasteiger partial charge in [0.05, 0.1) is 17.0 Å². The summed E-state index contributed by atoms with van der Waals surface area (Å²) in [6, 6.07) is 3.85. The normalized spacial score (nSPS) is 16.0. The minimum Gasteiger partial charge on any atom is -0.326 e. The van der Waals surface area contributed by atoms with Gasteiger partial charge in [0, 0.05) is 17.9 Å². The highest BCUT2D eigenvalue weighted by atomic mass is 32.2. The van der Waals surface area contributed by atoms with Crippen molar-refractivity contribution in [2.75, 3.05) is 16.4 Å². The molecule has 7 nitrogen and oxygen atoms in total. The Kier molecular flexibility index (Phi) is 5.78. The fourth-order valence-electron chi connectivity index (χ4n) is 2.75. The van der Waals surface area contributed by atoms with Crippen LogP contribution >= 0.6 is 11.8 Å². The van der Waals surface area contributed by atoms with Gasteiger partial charge in [-0.15, -0.1) is 6.58 Å². The maximum Gasteiger partial charge on any atom is 0.416 e. The zero-order valence-corrected chi connectivity index (χ0v) is 15.6. The minimum absolute atomic E-state index is 0.00281. The van der Waals surface area contributed by atoms with Crippen LogP contribution in [0.15, 0.2) is 46.9 Å². The molecule has 1 atom stereocenters. The van der Waals surface area contributed by atoms with Gasteiger partial charge in [-0.2, -0.15) is 13.2 Å². The lowest BCUT2D eigenvalue weighted by atomic mass is 9.92. The number of hydrogen-bond acceptors (Lipinski definition) is 5. The SMILES string of the molecule is C=CCSc1nc2c(c(=O)[nH]1)C(C(=O)Nc1ccc(C(F)(F)F)cc1)CC(=O)N2. The quantitative estimate of drug-likeness (QED) is 0.389. The van der Waals surface area contributed by atoms with E-state index in [9.17, 15) is 27.6 Å². The topological polar surface area (TPSA) is 104 Å². The van der Waals surface area contributed by atoms with Gasteiger partial charge in [-0.05, 0) is 24.3 Å². The number of thioether (sulfide) groups is 1. The van der Waals surface area contributed by atoms with Crippen LogP contribution in [0.4, 0.5) is 24.7 Å². The molecular formula is C18H15F3N4O3S. The summed E-state index contributed by atoms with van der Waals surface area (Å²) in [5, 5.41) is 5.18. The lowest BCUT2D eigenvalue weighted by molar-refractivity contribution is -0.137. The summed E-state index contributed by atoms with van der Waals surface area (Å²) in [6.45, 7) is 3.57. The zero-order valence-electron chi connectivity index (χ0n) is 14.8. The summed E-state index contributed by atoms with van der Waals surface area (Å²) in [5.41, 5.74) is -1.33. The van der Waals surface area contributed by atoms with Crippen LogP contribution in [0.5, 0.6) is 0 Å². The van der Waals surface area contributed by atoms with E-state index in [0.717, 1.165) is 24.3 Å². The van der Waals surface area contributed by atoms with E-state index in [1.54, 1.807) is 6.08 Å². The van der Waals surface area contributed by atoms with Crippen LogP contribution in [0.2, 0.25) is 0 Å². The molecule has 1 aromatic heterocycles. The Hall–Kier alpha value is -3.08. The van der Waals surface area contributed by atoms with Crippen molar-refractivity contribution in [3.05, 3.63) is 58.4 Å². The highest BCUT2D eigenvalue weighted by Gasteiger charge is 2.35. The number of rotatable bonds is 5. The second-order valence-corrected chi connectivity index (χ2v) is 7.11. The molecule has 0 fully saturated rings. The zero-order chi connectivity index (χ0) is 21.2. The first-order valence-electron chi connectivity index (χ1n) is 8.35. The first-order valence-corrected chi connectivity index (χ1v) is 9.33. The largest absolute Gasteiger partial charge is 0.416 e. The number of aromatic nitrogens is 2. The number of halogens is 3. The molecule has 11 heteroatoms. The number of nitrogens with one attached hydrogen (secondary N) is 3. The second kappa shape index (κ2) is 8.11. The summed E-state index contributed by atoms with van der Waals surface area (Å²) < 4.78 is 38.0. The number of carbonyl (C=O) groups is 2. The summed E-state index contributed by atoms with van der Waals surface area (Å²) >= 11 is 1.20. The Bertz CT molecular complexity index is 1020. The molecule has 2 aromatic rings. The number of benzene rings is 1. The van der Waals surface area contributed by atoms with E-state index in [-0.39, 0.29) is 28.6 Å². The summed E-state index contributed by atoms with van der Waals surface area (Å²) in [4.78, 5) is 43.8. The van der Waals surface area contributed by atoms with Crippen LogP contribution < -0.4 is 16.2 Å². The van der Waals surface area contributed by atoms with E-state index < -0.39 is 35.0 Å². The molecule has 2 amide bonds. The van der Waals surface area contributed by atoms with Crippen LogP contribution in [0.3, 0.4) is 0 Å². The van der Waals surface area contributed by atoms with Crippen molar-refractivity contribution in [3.63, 3.8) is 0 Å². The molecule has 3 rings (SSSR count). The molecular weight excluding hydrogens is 409 g/mol. The third-order valence-corrected chi connectivity index (χ3v) is 4.93. The smallest absolute Gasteiger partial charge is 0.326 e. The number of anilines is 2. The first-order chi connectivity index (χ1) is 13.7. The van der Waals surface area contributed by atoms with Gasteiger partial charge in [0.1, 0.15) is 5.82 Å². The minimum atomic E-state index is -4.50. The van der Waals surface area contributed by atoms with Crippen molar-refractivity contribution in [2.24, 2.45) is 0 Å². The van der Waals surface area contributed by atoms with Crippen LogP contribution in [0.1, 0.15) is 23.5 Å². The number of fused-ring (bicyclic) bond motifs is 1. The number of amides is 2. The van der Waals surface area contributed by atoms with E-state index in [0.29, 0.717) is 5.75 Å². The third-order valence-electron chi connectivity index (χ3n) is 4.06. The fraction of sp³-hybridized carbons (Fsp3) is 0.222. The Labute approximate surface area is 166 Å². The Morgan fingerprint density at radius 2 is 2.00 bits per heavy atom. The molecule has 0 spiro atoms. The number of nitrogens with zero attached hydrogens (tertiary/aromatic N) is 1. The lowest BCUT2D eigenvalue weighted by Crippen LogP contribution is -2.36. The average molecular weight is 424 g/mol. The van der Waals surface area contributed by atoms with E-state index in [1.165, 1.54) is 11.8 Å². The molecule has 0 saturated carbocycles.